The van der Waals surface area contributed by atoms with Gasteiger partial charge in [0.25, 0.3) is 0 Å². The number of esters is 1. The summed E-state index contributed by atoms with van der Waals surface area (Å²) < 4.78 is 70.5. The number of aliphatic carboxylic acids is 1. The second-order valence-corrected chi connectivity index (χ2v) is 23.3. The van der Waals surface area contributed by atoms with Gasteiger partial charge in [-0.2, -0.15) is 0 Å². The summed E-state index contributed by atoms with van der Waals surface area (Å²) >= 11 is 1.43. The number of sulfone groups is 1. The van der Waals surface area contributed by atoms with Gasteiger partial charge >= 0.3 is 11.9 Å². The van der Waals surface area contributed by atoms with Crippen LogP contribution in [0.4, 0.5) is 8.78 Å². The highest BCUT2D eigenvalue weighted by Gasteiger charge is 2.39. The molecule has 72 heavy (non-hydrogen) atoms. The first-order chi connectivity index (χ1) is 34.1. The van der Waals surface area contributed by atoms with E-state index in [-0.39, 0.29) is 22.2 Å². The number of halogens is 2. The summed E-state index contributed by atoms with van der Waals surface area (Å²) in [5, 5.41) is 10.9. The number of benzene rings is 6. The second-order valence-electron chi connectivity index (χ2n) is 20.3. The summed E-state index contributed by atoms with van der Waals surface area (Å²) in [7, 11) is -3.96. The molecule has 8 nitrogen and oxygen atoms in total. The summed E-state index contributed by atoms with van der Waals surface area (Å²) in [6, 6.07) is 48.4. The number of para-hydroxylation sites is 2. The highest BCUT2D eigenvalue weighted by atomic mass is 32.2. The molecular formula is C60H62F2O8S2. The fraction of sp³-hybridized carbons (Fsp3) is 0.300. The molecule has 2 aliphatic rings. The van der Waals surface area contributed by atoms with E-state index in [0.29, 0.717) is 45.9 Å². The maximum absolute atomic E-state index is 14.6. The van der Waals surface area contributed by atoms with Gasteiger partial charge in [0.1, 0.15) is 34.3 Å². The Morgan fingerprint density at radius 1 is 0.625 bits per heavy atom. The maximum atomic E-state index is 14.6. The van der Waals surface area contributed by atoms with Gasteiger partial charge in [0, 0.05) is 21.4 Å². The number of ether oxygens (including phenoxy) is 1. The Balaban J connectivity index is 0.000000153. The molecule has 376 valence electrons. The van der Waals surface area contributed by atoms with Gasteiger partial charge in [-0.25, -0.2) is 17.2 Å². The van der Waals surface area contributed by atoms with E-state index in [1.807, 2.05) is 62.4 Å². The average Bonchev–Trinajstić information content (AvgIpc) is 4.19. The van der Waals surface area contributed by atoms with Crippen molar-refractivity contribution in [1.82, 2.24) is 0 Å². The predicted octanol–water partition coefficient (Wildman–Crippen LogP) is 15.5. The Kier molecular flexibility index (Phi) is 16.4. The molecule has 2 heterocycles. The van der Waals surface area contributed by atoms with Crippen LogP contribution in [-0.2, 0) is 35.0 Å². The normalized spacial score (nSPS) is 14.4. The first kappa shape index (κ1) is 53.3. The van der Waals surface area contributed by atoms with Gasteiger partial charge in [0.2, 0.25) is 0 Å². The van der Waals surface area contributed by atoms with Gasteiger partial charge in [0.05, 0.1) is 39.2 Å². The van der Waals surface area contributed by atoms with Gasteiger partial charge in [-0.05, 0) is 143 Å². The van der Waals surface area contributed by atoms with Crippen LogP contribution in [0.25, 0.3) is 44.6 Å². The van der Waals surface area contributed by atoms with Crippen LogP contribution in [0, 0.1) is 22.5 Å². The van der Waals surface area contributed by atoms with Crippen molar-refractivity contribution in [3.8, 4) is 22.6 Å². The van der Waals surface area contributed by atoms with E-state index in [1.54, 1.807) is 31.2 Å². The van der Waals surface area contributed by atoms with Crippen molar-refractivity contribution < 1.29 is 45.5 Å². The Bertz CT molecular complexity index is 3140. The first-order valence-electron chi connectivity index (χ1n) is 24.1. The highest BCUT2D eigenvalue weighted by molar-refractivity contribution is 7.99. The average molecular weight is 1010 g/mol. The quantitative estimate of drug-likeness (QED) is 0.0888. The number of carbonyl (C=O) groups excluding carboxylic acids is 1. The number of carboxylic acids is 1. The van der Waals surface area contributed by atoms with E-state index in [0.717, 1.165) is 27.3 Å². The van der Waals surface area contributed by atoms with Crippen LogP contribution >= 0.6 is 11.8 Å². The zero-order chi connectivity index (χ0) is 51.9. The molecule has 12 heteroatoms. The smallest absolute Gasteiger partial charge is 0.312 e. The number of hydrogen-bond acceptors (Lipinski definition) is 8. The lowest BCUT2D eigenvalue weighted by Crippen LogP contribution is -2.32. The number of rotatable bonds is 13. The summed E-state index contributed by atoms with van der Waals surface area (Å²) in [5.41, 5.74) is 3.89. The summed E-state index contributed by atoms with van der Waals surface area (Å²) in [4.78, 5) is 23.6. The van der Waals surface area contributed by atoms with E-state index in [4.69, 9.17) is 18.7 Å². The zero-order valence-corrected chi connectivity index (χ0v) is 43.5. The Labute approximate surface area is 425 Å². The van der Waals surface area contributed by atoms with E-state index in [2.05, 4.69) is 74.5 Å². The van der Waals surface area contributed by atoms with Gasteiger partial charge in [-0.1, -0.05) is 111 Å². The minimum Gasteiger partial charge on any atom is -0.481 e. The highest BCUT2D eigenvalue weighted by Crippen LogP contribution is 2.48. The van der Waals surface area contributed by atoms with E-state index in [1.165, 1.54) is 80.6 Å². The monoisotopic (exact) mass is 1010 g/mol. The lowest BCUT2D eigenvalue weighted by Gasteiger charge is -2.21. The molecule has 2 fully saturated rings. The molecule has 6 aromatic carbocycles. The van der Waals surface area contributed by atoms with Crippen LogP contribution in [0.3, 0.4) is 0 Å². The maximum Gasteiger partial charge on any atom is 0.312 e. The SMILES string of the molecule is CC(C)(CS(=O)(=O)c1ccc(-c2cc3ccccc3o2)c(F)c1)C(=O)O.CC1(c2ccccc2)CC1.CC1(c2ccccc2)CC1.CCOC(=O)C(C)(C)CSc1ccc(-c2cc3ccccc3o2)c(F)c1. The summed E-state index contributed by atoms with van der Waals surface area (Å²) in [6.45, 7) is 13.1. The van der Waals surface area contributed by atoms with Crippen molar-refractivity contribution in [3.63, 3.8) is 0 Å². The summed E-state index contributed by atoms with van der Waals surface area (Å²) in [5.74, 6) is -1.90. The predicted molar refractivity (Wildman–Crippen MR) is 284 cm³/mol. The largest absolute Gasteiger partial charge is 0.481 e. The summed E-state index contributed by atoms with van der Waals surface area (Å²) in [6.07, 6.45) is 5.49. The molecule has 2 saturated carbocycles. The van der Waals surface area contributed by atoms with E-state index < -0.39 is 38.2 Å². The van der Waals surface area contributed by atoms with Crippen LogP contribution in [0.15, 0.2) is 176 Å². The van der Waals surface area contributed by atoms with Crippen LogP contribution in [0.1, 0.15) is 85.3 Å². The van der Waals surface area contributed by atoms with Gasteiger partial charge in [0.15, 0.2) is 9.84 Å². The molecule has 0 unspecified atom stereocenters. The molecule has 8 aromatic rings. The second kappa shape index (κ2) is 22.1. The van der Waals surface area contributed by atoms with Crippen molar-refractivity contribution in [3.05, 3.63) is 180 Å². The number of fused-ring (bicyclic) bond motifs is 2. The Morgan fingerprint density at radius 2 is 1.07 bits per heavy atom. The van der Waals surface area contributed by atoms with Crippen LogP contribution < -0.4 is 0 Å². The molecule has 2 aliphatic carbocycles. The van der Waals surface area contributed by atoms with Crippen molar-refractivity contribution in [2.24, 2.45) is 10.8 Å². The first-order valence-corrected chi connectivity index (χ1v) is 26.7. The fourth-order valence-corrected chi connectivity index (χ4v) is 10.6. The van der Waals surface area contributed by atoms with Crippen LogP contribution in [0.5, 0.6) is 0 Å². The molecule has 2 aromatic heterocycles. The van der Waals surface area contributed by atoms with E-state index in [9.17, 15) is 26.8 Å². The molecule has 0 saturated heterocycles. The number of carboxylic acid groups (broad SMARTS) is 1. The molecule has 0 spiro atoms. The third-order valence-electron chi connectivity index (χ3n) is 13.1. The van der Waals surface area contributed by atoms with E-state index >= 15 is 0 Å². The third kappa shape index (κ3) is 13.3. The number of carbonyl (C=O) groups is 2. The lowest BCUT2D eigenvalue weighted by molar-refractivity contribution is -0.152. The third-order valence-corrected chi connectivity index (χ3v) is 16.6. The Hall–Kier alpha value is -6.50. The Morgan fingerprint density at radius 3 is 1.49 bits per heavy atom. The molecule has 1 N–H and O–H groups in total. The van der Waals surface area contributed by atoms with Gasteiger partial charge in [-0.3, -0.25) is 9.59 Å². The standard InChI is InChI=1S/C21H21FO3S.C19H17FO5S.2C10H12/c1-4-24-20(23)21(2,3)13-26-15-9-10-16(17(22)12-15)19-11-14-7-5-6-8-18(14)25-19;1-19(2,18(21)22)11-26(23,24)13-7-8-14(15(20)10-13)17-9-12-5-3-4-6-16(12)25-17;2*1-10(7-8-10)9-5-3-2-4-6-9/h5-12H,4,13H2,1-3H3;3-10H,11H2,1-2H3,(H,21,22);2*2-6H,7-8H2,1H3. The van der Waals surface area contributed by atoms with Crippen molar-refractivity contribution in [1.29, 1.82) is 0 Å². The topological polar surface area (TPSA) is 124 Å². The van der Waals surface area contributed by atoms with Crippen LogP contribution in [-0.4, -0.2) is 43.6 Å². The van der Waals surface area contributed by atoms with Gasteiger partial charge < -0.3 is 18.7 Å². The molecule has 0 radical (unpaired) electrons. The van der Waals surface area contributed by atoms with Gasteiger partial charge in [-0.15, -0.1) is 11.8 Å². The molecule has 0 aliphatic heterocycles. The minimum atomic E-state index is -3.96. The minimum absolute atomic E-state index is 0.137. The van der Waals surface area contributed by atoms with Crippen molar-refractivity contribution in [2.45, 2.75) is 94.8 Å². The molecule has 0 atom stereocenters. The number of furan rings is 2. The number of hydrogen-bond donors (Lipinski definition) is 1. The molecule has 10 rings (SSSR count). The molecule has 0 bridgehead atoms. The number of thioether (sulfide) groups is 1. The molecular weight excluding hydrogens is 951 g/mol. The van der Waals surface area contributed by atoms with Crippen molar-refractivity contribution >= 4 is 55.5 Å². The van der Waals surface area contributed by atoms with Crippen LogP contribution in [0.2, 0.25) is 0 Å². The molecule has 0 amide bonds. The lowest BCUT2D eigenvalue weighted by atomic mass is 9.97. The van der Waals surface area contributed by atoms with Crippen molar-refractivity contribution in [2.75, 3.05) is 18.1 Å². The zero-order valence-electron chi connectivity index (χ0n) is 41.8. The fourth-order valence-electron chi connectivity index (χ4n) is 7.81.